The van der Waals surface area contributed by atoms with Crippen molar-refractivity contribution in [2.24, 2.45) is 0 Å². The molecule has 7 nitrogen and oxygen atoms in total. The molecule has 1 fully saturated rings. The number of rotatable bonds is 4. The minimum atomic E-state index is -1.04. The molecule has 2 aromatic carbocycles. The number of hydrogen-bond donors (Lipinski definition) is 2. The third kappa shape index (κ3) is 4.01. The topological polar surface area (TPSA) is 91.6 Å². The van der Waals surface area contributed by atoms with E-state index in [2.05, 4.69) is 5.32 Å². The van der Waals surface area contributed by atoms with Crippen LogP contribution in [0, 0.1) is 26.6 Å². The average molecular weight is 478 g/mol. The lowest BCUT2D eigenvalue weighted by molar-refractivity contribution is -0.122. The molecular weight excluding hydrogens is 457 g/mol. The van der Waals surface area contributed by atoms with Crippen LogP contribution in [0.1, 0.15) is 32.9 Å². The van der Waals surface area contributed by atoms with Crippen LogP contribution in [0.5, 0.6) is 0 Å². The van der Waals surface area contributed by atoms with Crippen molar-refractivity contribution in [2.75, 3.05) is 4.90 Å². The maximum atomic E-state index is 13.7. The van der Waals surface area contributed by atoms with E-state index in [4.69, 9.17) is 12.2 Å². The maximum absolute atomic E-state index is 13.7. The Bertz CT molecular complexity index is 1420. The van der Waals surface area contributed by atoms with Crippen molar-refractivity contribution in [2.45, 2.75) is 20.8 Å². The molecule has 34 heavy (non-hydrogen) atoms. The smallest absolute Gasteiger partial charge is 0.335 e. The van der Waals surface area contributed by atoms with Crippen LogP contribution in [0.15, 0.2) is 54.1 Å². The second kappa shape index (κ2) is 8.68. The van der Waals surface area contributed by atoms with Crippen LogP contribution in [0.3, 0.4) is 0 Å². The molecule has 1 aliphatic heterocycles. The predicted octanol–water partition coefficient (Wildman–Crippen LogP) is 4.07. The third-order valence-electron chi connectivity index (χ3n) is 5.64. The van der Waals surface area contributed by atoms with Crippen molar-refractivity contribution in [3.8, 4) is 5.69 Å². The molecule has 2 heterocycles. The Labute approximate surface area is 200 Å². The van der Waals surface area contributed by atoms with Gasteiger partial charge in [0.1, 0.15) is 11.4 Å². The van der Waals surface area contributed by atoms with Gasteiger partial charge in [-0.3, -0.25) is 19.8 Å². The van der Waals surface area contributed by atoms with Crippen molar-refractivity contribution >= 4 is 46.9 Å². The van der Waals surface area contributed by atoms with E-state index in [-0.39, 0.29) is 21.9 Å². The number of carboxylic acids is 1. The normalized spacial score (nSPS) is 15.1. The van der Waals surface area contributed by atoms with Gasteiger partial charge in [0, 0.05) is 17.1 Å². The highest BCUT2D eigenvalue weighted by atomic mass is 32.1. The van der Waals surface area contributed by atoms with Gasteiger partial charge in [-0.1, -0.05) is 12.1 Å². The van der Waals surface area contributed by atoms with Crippen LogP contribution in [0.2, 0.25) is 0 Å². The number of thiocarbonyl (C=S) groups is 1. The summed E-state index contributed by atoms with van der Waals surface area (Å²) >= 11 is 5.16. The predicted molar refractivity (Wildman–Crippen MR) is 130 cm³/mol. The molecular formula is C25H20FN3O4S. The van der Waals surface area contributed by atoms with E-state index in [9.17, 15) is 23.9 Å². The van der Waals surface area contributed by atoms with Gasteiger partial charge < -0.3 is 9.67 Å². The van der Waals surface area contributed by atoms with Crippen LogP contribution in [-0.2, 0) is 9.59 Å². The molecule has 9 heteroatoms. The molecule has 1 aliphatic rings. The molecule has 172 valence electrons. The molecule has 1 aromatic heterocycles. The maximum Gasteiger partial charge on any atom is 0.335 e. The van der Waals surface area contributed by atoms with E-state index in [0.29, 0.717) is 16.9 Å². The molecule has 0 spiro atoms. The van der Waals surface area contributed by atoms with E-state index in [1.165, 1.54) is 30.3 Å². The first-order chi connectivity index (χ1) is 16.1. The van der Waals surface area contributed by atoms with Crippen LogP contribution in [0.4, 0.5) is 10.1 Å². The number of carbonyl (C=O) groups is 3. The number of carboxylic acid groups (broad SMARTS) is 1. The van der Waals surface area contributed by atoms with Gasteiger partial charge >= 0.3 is 5.97 Å². The minimum absolute atomic E-state index is 0.135. The van der Waals surface area contributed by atoms with Gasteiger partial charge in [-0.2, -0.15) is 0 Å². The minimum Gasteiger partial charge on any atom is -0.478 e. The van der Waals surface area contributed by atoms with Crippen LogP contribution >= 0.6 is 12.2 Å². The number of amides is 2. The van der Waals surface area contributed by atoms with Crippen molar-refractivity contribution < 1.29 is 23.9 Å². The van der Waals surface area contributed by atoms with E-state index < -0.39 is 23.6 Å². The SMILES string of the molecule is Cc1ccc(C(=O)O)cc1-n1c(C)cc(C=C2C(=O)NC(=S)N(c3cccc(F)c3)C2=O)c1C. The summed E-state index contributed by atoms with van der Waals surface area (Å²) < 4.78 is 15.6. The van der Waals surface area contributed by atoms with Crippen LogP contribution < -0.4 is 10.2 Å². The lowest BCUT2D eigenvalue weighted by Crippen LogP contribution is -2.54. The fourth-order valence-electron chi connectivity index (χ4n) is 3.95. The first kappa shape index (κ1) is 23.1. The Morgan fingerprint density at radius 3 is 2.50 bits per heavy atom. The van der Waals surface area contributed by atoms with Gasteiger partial charge in [0.2, 0.25) is 0 Å². The third-order valence-corrected chi connectivity index (χ3v) is 5.92. The summed E-state index contributed by atoms with van der Waals surface area (Å²) in [7, 11) is 0. The fraction of sp³-hybridized carbons (Fsp3) is 0.120. The van der Waals surface area contributed by atoms with E-state index >= 15 is 0 Å². The second-order valence-corrected chi connectivity index (χ2v) is 8.29. The highest BCUT2D eigenvalue weighted by molar-refractivity contribution is 7.80. The van der Waals surface area contributed by atoms with Gasteiger partial charge in [0.05, 0.1) is 11.3 Å². The molecule has 2 N–H and O–H groups in total. The molecule has 0 atom stereocenters. The van der Waals surface area contributed by atoms with Crippen molar-refractivity contribution in [1.29, 1.82) is 0 Å². The Morgan fingerprint density at radius 2 is 1.82 bits per heavy atom. The van der Waals surface area contributed by atoms with Crippen molar-refractivity contribution in [3.05, 3.63) is 88.0 Å². The van der Waals surface area contributed by atoms with E-state index in [1.807, 2.05) is 25.3 Å². The van der Waals surface area contributed by atoms with Gasteiger partial charge in [-0.15, -0.1) is 0 Å². The lowest BCUT2D eigenvalue weighted by Gasteiger charge is -2.28. The summed E-state index contributed by atoms with van der Waals surface area (Å²) in [6, 6.07) is 12.0. The summed E-state index contributed by atoms with van der Waals surface area (Å²) in [5.74, 6) is -2.91. The first-order valence-corrected chi connectivity index (χ1v) is 10.7. The van der Waals surface area contributed by atoms with Gasteiger partial charge in [0.25, 0.3) is 11.8 Å². The zero-order chi connectivity index (χ0) is 24.7. The number of aryl methyl sites for hydroxylation is 2. The monoisotopic (exact) mass is 477 g/mol. The number of benzene rings is 2. The number of halogens is 1. The largest absolute Gasteiger partial charge is 0.478 e. The second-order valence-electron chi connectivity index (χ2n) is 7.91. The number of anilines is 1. The number of aromatic carboxylic acids is 1. The van der Waals surface area contributed by atoms with Crippen molar-refractivity contribution in [3.63, 3.8) is 0 Å². The Balaban J connectivity index is 1.80. The summed E-state index contributed by atoms with van der Waals surface area (Å²) in [5, 5.41) is 11.7. The molecule has 0 radical (unpaired) electrons. The molecule has 3 aromatic rings. The molecule has 4 rings (SSSR count). The Kier molecular flexibility index (Phi) is 5.89. The zero-order valence-electron chi connectivity index (χ0n) is 18.5. The molecule has 1 saturated heterocycles. The van der Waals surface area contributed by atoms with Gasteiger partial charge in [-0.25, -0.2) is 9.18 Å². The van der Waals surface area contributed by atoms with Crippen molar-refractivity contribution in [1.82, 2.24) is 9.88 Å². The van der Waals surface area contributed by atoms with Crippen LogP contribution in [-0.4, -0.2) is 32.6 Å². The van der Waals surface area contributed by atoms with Gasteiger partial charge in [-0.05, 0) is 86.6 Å². The summed E-state index contributed by atoms with van der Waals surface area (Å²) in [5.41, 5.74) is 3.83. The Morgan fingerprint density at radius 1 is 1.09 bits per heavy atom. The Hall–Kier alpha value is -4.11. The number of nitrogens with one attached hydrogen (secondary N) is 1. The lowest BCUT2D eigenvalue weighted by atomic mass is 10.1. The zero-order valence-corrected chi connectivity index (χ0v) is 19.4. The summed E-state index contributed by atoms with van der Waals surface area (Å²) in [6.45, 7) is 5.53. The highest BCUT2D eigenvalue weighted by Crippen LogP contribution is 2.28. The molecule has 0 unspecified atom stereocenters. The molecule has 0 bridgehead atoms. The number of nitrogens with zero attached hydrogens (tertiary/aromatic N) is 2. The standard InChI is InChI=1S/C25H20FN3O4S/c1-13-7-8-16(24(32)33)11-21(13)28-14(2)9-17(15(28)3)10-20-22(30)27-25(34)29(23(20)31)19-6-4-5-18(26)12-19/h4-12H,1-3H3,(H,32,33)(H,27,30,34). The fourth-order valence-corrected chi connectivity index (χ4v) is 4.23. The quantitative estimate of drug-likeness (QED) is 0.336. The summed E-state index contributed by atoms with van der Waals surface area (Å²) in [4.78, 5) is 38.4. The van der Waals surface area contributed by atoms with E-state index in [0.717, 1.165) is 22.2 Å². The molecule has 2 amide bonds. The first-order valence-electron chi connectivity index (χ1n) is 10.3. The molecule has 0 aliphatic carbocycles. The van der Waals surface area contributed by atoms with Gasteiger partial charge in [0.15, 0.2) is 5.11 Å². The number of carbonyl (C=O) groups excluding carboxylic acids is 2. The molecule has 0 saturated carbocycles. The van der Waals surface area contributed by atoms with Crippen LogP contribution in [0.25, 0.3) is 11.8 Å². The highest BCUT2D eigenvalue weighted by Gasteiger charge is 2.35. The number of aromatic nitrogens is 1. The number of hydrogen-bond acceptors (Lipinski definition) is 4. The summed E-state index contributed by atoms with van der Waals surface area (Å²) in [6.07, 6.45) is 1.46. The average Bonchev–Trinajstić information content (AvgIpc) is 3.04. The van der Waals surface area contributed by atoms with E-state index in [1.54, 1.807) is 18.2 Å².